The minimum atomic E-state index is -0.0411. The number of hydrogen-bond acceptors (Lipinski definition) is 3. The highest BCUT2D eigenvalue weighted by Crippen LogP contribution is 2.30. The maximum atomic E-state index is 9.84. The van der Waals surface area contributed by atoms with Crippen LogP contribution in [0.1, 0.15) is 5.56 Å². The Morgan fingerprint density at radius 3 is 2.90 bits per heavy atom. The molecule has 0 fully saturated rings. The average Bonchev–Trinajstić information content (AvgIpc) is 2.88. The molecule has 0 spiro atoms. The van der Waals surface area contributed by atoms with Crippen LogP contribution in [-0.2, 0) is 0 Å². The fourth-order valence-corrected chi connectivity index (χ4v) is 2.34. The first-order valence-corrected chi connectivity index (χ1v) is 6.54. The maximum Gasteiger partial charge on any atom is 0.143 e. The first-order valence-electron chi connectivity index (χ1n) is 5.79. The normalized spacial score (nSPS) is 11.5. The van der Waals surface area contributed by atoms with Gasteiger partial charge in [-0.1, -0.05) is 23.2 Å². The number of H-pyrrole nitrogens is 1. The number of aromatic nitrogens is 2. The van der Waals surface area contributed by atoms with Gasteiger partial charge in [0.05, 0.1) is 28.1 Å². The molecule has 20 heavy (non-hydrogen) atoms. The lowest BCUT2D eigenvalue weighted by atomic mass is 10.2. The van der Waals surface area contributed by atoms with E-state index in [1.54, 1.807) is 12.4 Å². The molecule has 0 aliphatic heterocycles. The number of phenols is 1. The molecule has 1 heterocycles. The second-order valence-corrected chi connectivity index (χ2v) is 5.03. The van der Waals surface area contributed by atoms with Gasteiger partial charge in [-0.2, -0.15) is 0 Å². The number of aromatic amines is 1. The van der Waals surface area contributed by atoms with E-state index in [-0.39, 0.29) is 10.8 Å². The minimum Gasteiger partial charge on any atom is -0.506 e. The van der Waals surface area contributed by atoms with Crippen molar-refractivity contribution in [3.05, 3.63) is 52.3 Å². The van der Waals surface area contributed by atoms with Crippen LogP contribution in [0.25, 0.3) is 11.0 Å². The number of hydrogen-bond donors (Lipinski definition) is 2. The van der Waals surface area contributed by atoms with Gasteiger partial charge in [-0.15, -0.1) is 0 Å². The van der Waals surface area contributed by atoms with Crippen molar-refractivity contribution in [1.82, 2.24) is 9.97 Å². The van der Waals surface area contributed by atoms with E-state index in [1.165, 1.54) is 12.3 Å². The predicted molar refractivity (Wildman–Crippen MR) is 81.5 cm³/mol. The van der Waals surface area contributed by atoms with Crippen LogP contribution in [0.4, 0.5) is 5.69 Å². The summed E-state index contributed by atoms with van der Waals surface area (Å²) in [7, 11) is 0. The molecular formula is C14H9Cl2N3O. The number of benzene rings is 2. The first kappa shape index (κ1) is 13.0. The average molecular weight is 306 g/mol. The zero-order valence-corrected chi connectivity index (χ0v) is 11.7. The lowest BCUT2D eigenvalue weighted by Crippen LogP contribution is -1.84. The van der Waals surface area contributed by atoms with E-state index in [1.807, 2.05) is 18.2 Å². The molecular weight excluding hydrogens is 297 g/mol. The fraction of sp³-hybridized carbons (Fsp3) is 0. The van der Waals surface area contributed by atoms with Gasteiger partial charge in [0, 0.05) is 16.8 Å². The third-order valence-electron chi connectivity index (χ3n) is 2.82. The summed E-state index contributed by atoms with van der Waals surface area (Å²) < 4.78 is 0. The Balaban J connectivity index is 1.97. The van der Waals surface area contributed by atoms with E-state index in [9.17, 15) is 5.11 Å². The molecule has 0 saturated carbocycles. The SMILES string of the molecule is Oc1c(Cl)cc(Cl)cc1/C=N/c1ccc2[nH]cnc2c1. The summed E-state index contributed by atoms with van der Waals surface area (Å²) >= 11 is 11.8. The second kappa shape index (κ2) is 5.15. The van der Waals surface area contributed by atoms with Crippen LogP contribution in [0, 0.1) is 0 Å². The third kappa shape index (κ3) is 2.48. The molecule has 0 unspecified atom stereocenters. The van der Waals surface area contributed by atoms with E-state index in [2.05, 4.69) is 15.0 Å². The molecule has 2 N–H and O–H groups in total. The number of imidazole rings is 1. The molecule has 0 aliphatic carbocycles. The second-order valence-electron chi connectivity index (χ2n) is 4.19. The standard InChI is InChI=1S/C14H9Cl2N3O/c15-9-3-8(14(20)11(16)4-9)6-17-10-1-2-12-13(5-10)19-7-18-12/h1-7,20H,(H,18,19)/b17-6+. The van der Waals surface area contributed by atoms with E-state index in [0.29, 0.717) is 10.6 Å². The number of nitrogens with zero attached hydrogens (tertiary/aromatic N) is 2. The van der Waals surface area contributed by atoms with Crippen molar-refractivity contribution >= 4 is 46.1 Å². The molecule has 3 aromatic rings. The highest BCUT2D eigenvalue weighted by atomic mass is 35.5. The summed E-state index contributed by atoms with van der Waals surface area (Å²) in [5.74, 6) is -0.0411. The lowest BCUT2D eigenvalue weighted by Gasteiger charge is -2.02. The fourth-order valence-electron chi connectivity index (χ4n) is 1.83. The van der Waals surface area contributed by atoms with Crippen molar-refractivity contribution < 1.29 is 5.11 Å². The largest absolute Gasteiger partial charge is 0.506 e. The Labute approximate surface area is 124 Å². The van der Waals surface area contributed by atoms with Gasteiger partial charge in [0.25, 0.3) is 0 Å². The van der Waals surface area contributed by atoms with Crippen LogP contribution in [0.2, 0.25) is 10.0 Å². The van der Waals surface area contributed by atoms with Gasteiger partial charge in [-0.05, 0) is 30.3 Å². The van der Waals surface area contributed by atoms with Crippen LogP contribution in [0.3, 0.4) is 0 Å². The molecule has 1 aromatic heterocycles. The highest BCUT2D eigenvalue weighted by molar-refractivity contribution is 6.36. The quantitative estimate of drug-likeness (QED) is 0.692. The van der Waals surface area contributed by atoms with E-state index in [4.69, 9.17) is 23.2 Å². The Morgan fingerprint density at radius 2 is 2.05 bits per heavy atom. The maximum absolute atomic E-state index is 9.84. The lowest BCUT2D eigenvalue weighted by molar-refractivity contribution is 0.475. The van der Waals surface area contributed by atoms with Gasteiger partial charge in [-0.25, -0.2) is 4.98 Å². The molecule has 4 nitrogen and oxygen atoms in total. The van der Waals surface area contributed by atoms with Crippen molar-refractivity contribution in [1.29, 1.82) is 0 Å². The van der Waals surface area contributed by atoms with Crippen molar-refractivity contribution in [3.63, 3.8) is 0 Å². The van der Waals surface area contributed by atoms with Crippen molar-refractivity contribution in [2.24, 2.45) is 4.99 Å². The molecule has 0 aliphatic rings. The Hall–Kier alpha value is -2.04. The Kier molecular flexibility index (Phi) is 3.34. The number of phenolic OH excluding ortho intramolecular Hbond substituents is 1. The molecule has 0 saturated heterocycles. The third-order valence-corrected chi connectivity index (χ3v) is 3.32. The summed E-state index contributed by atoms with van der Waals surface area (Å²) in [5.41, 5.74) is 2.95. The molecule has 0 atom stereocenters. The van der Waals surface area contributed by atoms with E-state index >= 15 is 0 Å². The Bertz CT molecular complexity index is 811. The van der Waals surface area contributed by atoms with Gasteiger partial charge in [0.15, 0.2) is 0 Å². The molecule has 2 aromatic carbocycles. The number of fused-ring (bicyclic) bond motifs is 1. The van der Waals surface area contributed by atoms with Crippen molar-refractivity contribution in [3.8, 4) is 5.75 Å². The summed E-state index contributed by atoms with van der Waals surface area (Å²) in [6.07, 6.45) is 3.14. The minimum absolute atomic E-state index is 0.0411. The zero-order valence-electron chi connectivity index (χ0n) is 10.1. The van der Waals surface area contributed by atoms with Crippen LogP contribution >= 0.6 is 23.2 Å². The first-order chi connectivity index (χ1) is 9.63. The molecule has 0 radical (unpaired) electrons. The smallest absolute Gasteiger partial charge is 0.143 e. The predicted octanol–water partition coefficient (Wildman–Crippen LogP) is 4.33. The molecule has 6 heteroatoms. The molecule has 3 rings (SSSR count). The summed E-state index contributed by atoms with van der Waals surface area (Å²) in [6, 6.07) is 8.65. The zero-order chi connectivity index (χ0) is 14.1. The van der Waals surface area contributed by atoms with Gasteiger partial charge in [0.1, 0.15) is 5.75 Å². The number of aliphatic imine (C=N–C) groups is 1. The highest BCUT2D eigenvalue weighted by Gasteiger charge is 2.06. The van der Waals surface area contributed by atoms with Crippen LogP contribution < -0.4 is 0 Å². The van der Waals surface area contributed by atoms with Gasteiger partial charge in [-0.3, -0.25) is 4.99 Å². The molecule has 0 bridgehead atoms. The summed E-state index contributed by atoms with van der Waals surface area (Å²) in [4.78, 5) is 11.5. The molecule has 0 amide bonds. The number of halogens is 2. The molecule has 100 valence electrons. The number of aromatic hydroxyl groups is 1. The van der Waals surface area contributed by atoms with Crippen LogP contribution in [0.5, 0.6) is 5.75 Å². The summed E-state index contributed by atoms with van der Waals surface area (Å²) in [5, 5.41) is 10.5. The number of nitrogens with one attached hydrogen (secondary N) is 1. The monoisotopic (exact) mass is 305 g/mol. The Morgan fingerprint density at radius 1 is 1.20 bits per heavy atom. The van der Waals surface area contributed by atoms with Gasteiger partial charge >= 0.3 is 0 Å². The van der Waals surface area contributed by atoms with E-state index < -0.39 is 0 Å². The van der Waals surface area contributed by atoms with Crippen LogP contribution in [-0.4, -0.2) is 21.3 Å². The van der Waals surface area contributed by atoms with Crippen molar-refractivity contribution in [2.75, 3.05) is 0 Å². The summed E-state index contributed by atoms with van der Waals surface area (Å²) in [6.45, 7) is 0. The number of rotatable bonds is 2. The van der Waals surface area contributed by atoms with Crippen LogP contribution in [0.15, 0.2) is 41.7 Å². The topological polar surface area (TPSA) is 61.3 Å². The van der Waals surface area contributed by atoms with Gasteiger partial charge < -0.3 is 10.1 Å². The van der Waals surface area contributed by atoms with Gasteiger partial charge in [0.2, 0.25) is 0 Å². The van der Waals surface area contributed by atoms with E-state index in [0.717, 1.165) is 16.7 Å². The van der Waals surface area contributed by atoms with Crippen molar-refractivity contribution in [2.45, 2.75) is 0 Å².